The second-order valence-corrected chi connectivity index (χ2v) is 7.20. The Labute approximate surface area is 130 Å². The Balaban J connectivity index is 1.89. The predicted octanol–water partition coefficient (Wildman–Crippen LogP) is 3.75. The van der Waals surface area contributed by atoms with Gasteiger partial charge in [0.25, 0.3) is 5.91 Å². The fourth-order valence-electron chi connectivity index (χ4n) is 2.93. The molecule has 4 heteroatoms. The van der Waals surface area contributed by atoms with Gasteiger partial charge >= 0.3 is 0 Å². The largest absolute Gasteiger partial charge is 0.358 e. The molecule has 2 heterocycles. The van der Waals surface area contributed by atoms with Crippen LogP contribution in [0.5, 0.6) is 0 Å². The predicted molar refractivity (Wildman–Crippen MR) is 90.2 cm³/mol. The maximum absolute atomic E-state index is 12.7. The SMILES string of the molecule is CCC1CN(C(=O)c2ccc3[nH]c(C)c(C)c3c2)CCS1. The van der Waals surface area contributed by atoms with E-state index in [4.69, 9.17) is 0 Å². The Morgan fingerprint density at radius 2 is 2.24 bits per heavy atom. The summed E-state index contributed by atoms with van der Waals surface area (Å²) in [6.07, 6.45) is 1.13. The number of nitrogens with zero attached hydrogens (tertiary/aromatic N) is 1. The van der Waals surface area contributed by atoms with Crippen molar-refractivity contribution in [1.29, 1.82) is 0 Å². The fourth-order valence-corrected chi connectivity index (χ4v) is 4.11. The highest BCUT2D eigenvalue weighted by atomic mass is 32.2. The quantitative estimate of drug-likeness (QED) is 0.917. The van der Waals surface area contributed by atoms with Crippen molar-refractivity contribution in [2.24, 2.45) is 0 Å². The number of aryl methyl sites for hydroxylation is 2. The van der Waals surface area contributed by atoms with Crippen molar-refractivity contribution in [2.45, 2.75) is 32.4 Å². The molecule has 1 saturated heterocycles. The number of carbonyl (C=O) groups is 1. The van der Waals surface area contributed by atoms with E-state index in [1.54, 1.807) is 0 Å². The summed E-state index contributed by atoms with van der Waals surface area (Å²) >= 11 is 1.99. The lowest BCUT2D eigenvalue weighted by Crippen LogP contribution is -2.41. The van der Waals surface area contributed by atoms with Crippen molar-refractivity contribution in [3.8, 4) is 0 Å². The first-order valence-corrected chi connectivity index (χ1v) is 8.64. The summed E-state index contributed by atoms with van der Waals surface area (Å²) in [5.41, 5.74) is 4.34. The third-order valence-corrected chi connectivity index (χ3v) is 5.81. The summed E-state index contributed by atoms with van der Waals surface area (Å²) in [5.74, 6) is 1.23. The molecular formula is C17H22N2OS. The molecule has 1 N–H and O–H groups in total. The van der Waals surface area contributed by atoms with Crippen molar-refractivity contribution in [1.82, 2.24) is 9.88 Å². The van der Waals surface area contributed by atoms with Crippen LogP contribution in [0.1, 0.15) is 35.0 Å². The number of H-pyrrole nitrogens is 1. The van der Waals surface area contributed by atoms with Gasteiger partial charge in [0.2, 0.25) is 0 Å². The standard InChI is InChI=1S/C17H22N2OS/c1-4-14-10-19(7-8-21-14)17(20)13-5-6-16-15(9-13)11(2)12(3)18-16/h5-6,9,14,18H,4,7-8,10H2,1-3H3. The van der Waals surface area contributed by atoms with Gasteiger partial charge in [-0.1, -0.05) is 6.92 Å². The number of aromatic amines is 1. The van der Waals surface area contributed by atoms with E-state index in [-0.39, 0.29) is 5.91 Å². The molecule has 2 aromatic rings. The molecule has 3 rings (SSSR count). The number of benzene rings is 1. The van der Waals surface area contributed by atoms with E-state index in [0.717, 1.165) is 41.7 Å². The molecule has 21 heavy (non-hydrogen) atoms. The molecule has 1 aromatic heterocycles. The van der Waals surface area contributed by atoms with Gasteiger partial charge in [0.1, 0.15) is 0 Å². The van der Waals surface area contributed by atoms with Crippen LogP contribution in [0, 0.1) is 13.8 Å². The summed E-state index contributed by atoms with van der Waals surface area (Å²) < 4.78 is 0. The number of rotatable bonds is 2. The van der Waals surface area contributed by atoms with Crippen molar-refractivity contribution in [2.75, 3.05) is 18.8 Å². The average molecular weight is 302 g/mol. The third kappa shape index (κ3) is 2.69. The molecule has 1 aliphatic rings. The van der Waals surface area contributed by atoms with E-state index < -0.39 is 0 Å². The molecular weight excluding hydrogens is 280 g/mol. The number of amides is 1. The summed E-state index contributed by atoms with van der Waals surface area (Å²) in [6.45, 7) is 8.12. The lowest BCUT2D eigenvalue weighted by atomic mass is 10.1. The fraction of sp³-hybridized carbons (Fsp3) is 0.471. The Morgan fingerprint density at radius 3 is 3.00 bits per heavy atom. The maximum atomic E-state index is 12.7. The van der Waals surface area contributed by atoms with Crippen LogP contribution in [0.4, 0.5) is 0 Å². The van der Waals surface area contributed by atoms with Gasteiger partial charge in [0.15, 0.2) is 0 Å². The van der Waals surface area contributed by atoms with E-state index in [0.29, 0.717) is 5.25 Å². The number of carbonyl (C=O) groups excluding carboxylic acids is 1. The molecule has 0 radical (unpaired) electrons. The van der Waals surface area contributed by atoms with Gasteiger partial charge in [-0.15, -0.1) is 0 Å². The summed E-state index contributed by atoms with van der Waals surface area (Å²) in [5, 5.41) is 1.75. The normalized spacial score (nSPS) is 19.2. The zero-order valence-corrected chi connectivity index (χ0v) is 13.7. The third-order valence-electron chi connectivity index (χ3n) is 4.44. The first-order chi connectivity index (χ1) is 10.1. The van der Waals surface area contributed by atoms with Crippen LogP contribution >= 0.6 is 11.8 Å². The zero-order chi connectivity index (χ0) is 15.0. The van der Waals surface area contributed by atoms with Gasteiger partial charge in [-0.2, -0.15) is 11.8 Å². The summed E-state index contributed by atoms with van der Waals surface area (Å²) in [4.78, 5) is 18.1. The maximum Gasteiger partial charge on any atom is 0.253 e. The minimum atomic E-state index is 0.175. The molecule has 1 unspecified atom stereocenters. The van der Waals surface area contributed by atoms with Crippen LogP contribution in [-0.4, -0.2) is 39.9 Å². The van der Waals surface area contributed by atoms with Gasteiger partial charge < -0.3 is 9.88 Å². The van der Waals surface area contributed by atoms with Crippen LogP contribution < -0.4 is 0 Å². The van der Waals surface area contributed by atoms with E-state index >= 15 is 0 Å². The molecule has 1 aliphatic heterocycles. The minimum absolute atomic E-state index is 0.175. The monoisotopic (exact) mass is 302 g/mol. The summed E-state index contributed by atoms with van der Waals surface area (Å²) in [7, 11) is 0. The second kappa shape index (κ2) is 5.76. The topological polar surface area (TPSA) is 36.1 Å². The van der Waals surface area contributed by atoms with Crippen LogP contribution in [0.2, 0.25) is 0 Å². The number of hydrogen-bond donors (Lipinski definition) is 1. The highest BCUT2D eigenvalue weighted by Crippen LogP contribution is 2.25. The number of nitrogens with one attached hydrogen (secondary N) is 1. The Kier molecular flexibility index (Phi) is 3.98. The minimum Gasteiger partial charge on any atom is -0.358 e. The van der Waals surface area contributed by atoms with Crippen molar-refractivity contribution in [3.05, 3.63) is 35.0 Å². The number of aromatic nitrogens is 1. The number of thioether (sulfide) groups is 1. The highest BCUT2D eigenvalue weighted by Gasteiger charge is 2.24. The van der Waals surface area contributed by atoms with Gasteiger partial charge in [0.05, 0.1) is 0 Å². The first kappa shape index (κ1) is 14.5. The van der Waals surface area contributed by atoms with E-state index in [2.05, 4.69) is 25.8 Å². The second-order valence-electron chi connectivity index (χ2n) is 5.79. The number of hydrogen-bond acceptors (Lipinski definition) is 2. The van der Waals surface area contributed by atoms with Crippen LogP contribution in [0.25, 0.3) is 10.9 Å². The Hall–Kier alpha value is -1.42. The van der Waals surface area contributed by atoms with Crippen LogP contribution in [0.15, 0.2) is 18.2 Å². The van der Waals surface area contributed by atoms with Crippen molar-refractivity contribution in [3.63, 3.8) is 0 Å². The Bertz CT molecular complexity index is 677. The zero-order valence-electron chi connectivity index (χ0n) is 12.9. The van der Waals surface area contributed by atoms with Gasteiger partial charge in [0, 0.05) is 46.3 Å². The highest BCUT2D eigenvalue weighted by molar-refractivity contribution is 8.00. The molecule has 1 amide bonds. The van der Waals surface area contributed by atoms with Crippen LogP contribution in [-0.2, 0) is 0 Å². The lowest BCUT2D eigenvalue weighted by molar-refractivity contribution is 0.0761. The molecule has 0 saturated carbocycles. The van der Waals surface area contributed by atoms with Crippen LogP contribution in [0.3, 0.4) is 0 Å². The molecule has 3 nitrogen and oxygen atoms in total. The summed E-state index contributed by atoms with van der Waals surface area (Å²) in [6, 6.07) is 6.01. The molecule has 1 fully saturated rings. The molecule has 1 atom stereocenters. The van der Waals surface area contributed by atoms with Crippen molar-refractivity contribution < 1.29 is 4.79 Å². The molecule has 0 spiro atoms. The lowest BCUT2D eigenvalue weighted by Gasteiger charge is -2.32. The van der Waals surface area contributed by atoms with Gasteiger partial charge in [-0.3, -0.25) is 4.79 Å². The molecule has 1 aromatic carbocycles. The van der Waals surface area contributed by atoms with Gasteiger partial charge in [-0.05, 0) is 44.0 Å². The van der Waals surface area contributed by atoms with E-state index in [1.165, 1.54) is 11.3 Å². The molecule has 112 valence electrons. The first-order valence-electron chi connectivity index (χ1n) is 7.60. The molecule has 0 aliphatic carbocycles. The van der Waals surface area contributed by atoms with E-state index in [1.807, 2.05) is 34.9 Å². The number of fused-ring (bicyclic) bond motifs is 1. The molecule has 0 bridgehead atoms. The van der Waals surface area contributed by atoms with E-state index in [9.17, 15) is 4.79 Å². The average Bonchev–Trinajstić information content (AvgIpc) is 2.81. The Morgan fingerprint density at radius 1 is 1.43 bits per heavy atom. The smallest absolute Gasteiger partial charge is 0.253 e. The van der Waals surface area contributed by atoms with Gasteiger partial charge in [-0.25, -0.2) is 0 Å². The van der Waals surface area contributed by atoms with Crippen molar-refractivity contribution >= 4 is 28.6 Å².